The Hall–Kier alpha value is -1.20. The van der Waals surface area contributed by atoms with Crippen molar-refractivity contribution in [2.75, 3.05) is 6.61 Å². The van der Waals surface area contributed by atoms with Gasteiger partial charge in [0.25, 0.3) is 0 Å². The van der Waals surface area contributed by atoms with Gasteiger partial charge in [-0.25, -0.2) is 0 Å². The van der Waals surface area contributed by atoms with Crippen molar-refractivity contribution in [3.63, 3.8) is 0 Å². The average molecular weight is 471 g/mol. The second-order valence-electron chi connectivity index (χ2n) is 13.2. The lowest BCUT2D eigenvalue weighted by atomic mass is 9.44. The van der Waals surface area contributed by atoms with E-state index >= 15 is 0 Å². The van der Waals surface area contributed by atoms with Crippen LogP contribution < -0.4 is 0 Å². The highest BCUT2D eigenvalue weighted by atomic mass is 16.7. The molecule has 2 aliphatic heterocycles. The maximum Gasteiger partial charge on any atom is 0.302 e. The van der Waals surface area contributed by atoms with Crippen LogP contribution in [0.2, 0.25) is 0 Å². The molecule has 12 atom stereocenters. The van der Waals surface area contributed by atoms with Crippen molar-refractivity contribution in [1.82, 2.24) is 0 Å². The van der Waals surface area contributed by atoms with Crippen molar-refractivity contribution >= 4 is 11.8 Å². The molecule has 188 valence electrons. The van der Waals surface area contributed by atoms with Crippen molar-refractivity contribution in [3.05, 3.63) is 12.2 Å². The van der Waals surface area contributed by atoms with E-state index in [1.54, 1.807) is 6.92 Å². The minimum Gasteiger partial charge on any atom is -0.462 e. The first-order valence-corrected chi connectivity index (χ1v) is 13.8. The largest absolute Gasteiger partial charge is 0.462 e. The molecule has 34 heavy (non-hydrogen) atoms. The molecule has 0 N–H and O–H groups in total. The monoisotopic (exact) mass is 470 g/mol. The summed E-state index contributed by atoms with van der Waals surface area (Å²) in [4.78, 5) is 25.3. The highest BCUT2D eigenvalue weighted by Gasteiger charge is 2.71. The summed E-state index contributed by atoms with van der Waals surface area (Å²) in [6.45, 7) is 11.4. The number of ketones is 1. The Morgan fingerprint density at radius 1 is 1.09 bits per heavy atom. The topological polar surface area (TPSA) is 61.8 Å². The Morgan fingerprint density at radius 2 is 1.88 bits per heavy atom. The van der Waals surface area contributed by atoms with Gasteiger partial charge in [0.05, 0.1) is 12.7 Å². The molecule has 0 radical (unpaired) electrons. The van der Waals surface area contributed by atoms with Gasteiger partial charge in [0.15, 0.2) is 5.78 Å². The zero-order valence-electron chi connectivity index (χ0n) is 21.5. The molecule has 6 aliphatic rings. The van der Waals surface area contributed by atoms with Crippen LogP contribution >= 0.6 is 0 Å². The fourth-order valence-corrected chi connectivity index (χ4v) is 10.2. The van der Waals surface area contributed by atoms with Gasteiger partial charge in [-0.2, -0.15) is 0 Å². The quantitative estimate of drug-likeness (QED) is 0.383. The Kier molecular flexibility index (Phi) is 5.22. The summed E-state index contributed by atoms with van der Waals surface area (Å²) in [7, 11) is 0. The number of hydrogen-bond donors (Lipinski definition) is 0. The highest BCUT2D eigenvalue weighted by Crippen LogP contribution is 2.71. The van der Waals surface area contributed by atoms with E-state index in [4.69, 9.17) is 14.2 Å². The smallest absolute Gasteiger partial charge is 0.302 e. The first-order valence-electron chi connectivity index (χ1n) is 13.8. The van der Waals surface area contributed by atoms with Crippen LogP contribution in [0.1, 0.15) is 79.6 Å². The third-order valence-electron chi connectivity index (χ3n) is 11.6. The summed E-state index contributed by atoms with van der Waals surface area (Å²) in [5.74, 6) is 1.83. The van der Waals surface area contributed by atoms with Crippen LogP contribution in [0.25, 0.3) is 0 Å². The van der Waals surface area contributed by atoms with Crippen molar-refractivity contribution in [2.45, 2.75) is 97.6 Å². The first kappa shape index (κ1) is 23.2. The number of esters is 1. The van der Waals surface area contributed by atoms with Crippen LogP contribution in [-0.4, -0.2) is 36.4 Å². The predicted molar refractivity (Wildman–Crippen MR) is 128 cm³/mol. The van der Waals surface area contributed by atoms with E-state index in [9.17, 15) is 9.59 Å². The predicted octanol–water partition coefficient (Wildman–Crippen LogP) is 5.32. The van der Waals surface area contributed by atoms with Gasteiger partial charge in [-0.15, -0.1) is 0 Å². The molecule has 3 saturated carbocycles. The molecule has 4 aliphatic carbocycles. The van der Waals surface area contributed by atoms with Crippen molar-refractivity contribution in [2.24, 2.45) is 52.3 Å². The van der Waals surface area contributed by atoms with Crippen LogP contribution in [-0.2, 0) is 23.8 Å². The molecule has 5 fully saturated rings. The SMILES string of the molecule is CC(=O)O[C@@H]1C[C@@H]2[C@H](CC[C@]3(C)[C@@H]4[C@H](C[C@@H]23)O[C@@]2(OC[C@H](C)CC2=O)[C@H]4C)[C@@]2(C)CC=CC[C@H]12. The van der Waals surface area contributed by atoms with Crippen LogP contribution in [0.15, 0.2) is 12.2 Å². The lowest BCUT2D eigenvalue weighted by Crippen LogP contribution is -2.58. The van der Waals surface area contributed by atoms with Crippen LogP contribution in [0.3, 0.4) is 0 Å². The molecular formula is C29H42O5. The summed E-state index contributed by atoms with van der Waals surface area (Å²) in [5.41, 5.74) is 0.318. The Labute approximate surface area is 204 Å². The minimum atomic E-state index is -1.02. The molecular weight excluding hydrogens is 428 g/mol. The highest BCUT2D eigenvalue weighted by molar-refractivity contribution is 5.87. The third kappa shape index (κ3) is 2.98. The van der Waals surface area contributed by atoms with Gasteiger partial charge in [0, 0.05) is 25.2 Å². The number of rotatable bonds is 1. The van der Waals surface area contributed by atoms with E-state index in [2.05, 4.69) is 39.8 Å². The molecule has 5 heteroatoms. The van der Waals surface area contributed by atoms with Crippen molar-refractivity contribution in [3.8, 4) is 0 Å². The normalized spacial score (nSPS) is 55.9. The molecule has 1 spiro atoms. The van der Waals surface area contributed by atoms with Gasteiger partial charge in [-0.1, -0.05) is 39.8 Å². The van der Waals surface area contributed by atoms with Gasteiger partial charge in [-0.3, -0.25) is 9.59 Å². The standard InChI is InChI=1S/C29H42O5/c1-16-12-25(31)29(32-15-16)17(2)26-24(34-29)14-22-19-13-23(33-18(3)30)21-8-6-7-10-27(21,4)20(19)9-11-28(22,26)5/h6-7,16-17,19-24,26H,8-15H2,1-5H3/t16-,17+,19-,20+,21-,22+,23-,24+,26+,27-,28+,29+/m1/s1. The zero-order valence-corrected chi connectivity index (χ0v) is 21.5. The number of carbonyl (C=O) groups is 2. The summed E-state index contributed by atoms with van der Waals surface area (Å²) in [6.07, 6.45) is 11.8. The molecule has 6 rings (SSSR count). The number of carbonyl (C=O) groups excluding carboxylic acids is 2. The Morgan fingerprint density at radius 3 is 2.62 bits per heavy atom. The molecule has 0 amide bonds. The van der Waals surface area contributed by atoms with Crippen molar-refractivity contribution in [1.29, 1.82) is 0 Å². The molecule has 0 aromatic carbocycles. The molecule has 5 nitrogen and oxygen atoms in total. The maximum atomic E-state index is 13.2. The fraction of sp³-hybridized carbons (Fsp3) is 0.862. The third-order valence-corrected chi connectivity index (χ3v) is 11.6. The second kappa shape index (κ2) is 7.65. The number of ether oxygens (including phenoxy) is 3. The molecule has 0 unspecified atom stereocenters. The second-order valence-corrected chi connectivity index (χ2v) is 13.2. The first-order chi connectivity index (χ1) is 16.1. The van der Waals surface area contributed by atoms with Gasteiger partial charge in [0.1, 0.15) is 6.10 Å². The van der Waals surface area contributed by atoms with Crippen LogP contribution in [0.5, 0.6) is 0 Å². The van der Waals surface area contributed by atoms with E-state index < -0.39 is 5.79 Å². The molecule has 0 aromatic rings. The number of hydrogen-bond acceptors (Lipinski definition) is 5. The van der Waals surface area contributed by atoms with E-state index in [1.165, 1.54) is 12.8 Å². The van der Waals surface area contributed by atoms with Crippen molar-refractivity contribution < 1.29 is 23.8 Å². The maximum absolute atomic E-state index is 13.2. The number of Topliss-reactive ketones (excluding diaryl/α,β-unsaturated/α-hetero) is 1. The zero-order chi connectivity index (χ0) is 24.0. The Balaban J connectivity index is 1.32. The summed E-state index contributed by atoms with van der Waals surface area (Å²) in [6, 6.07) is 0. The van der Waals surface area contributed by atoms with E-state index in [0.29, 0.717) is 42.6 Å². The molecule has 0 aromatic heterocycles. The molecule has 2 heterocycles. The van der Waals surface area contributed by atoms with Crippen LogP contribution in [0.4, 0.5) is 0 Å². The summed E-state index contributed by atoms with van der Waals surface area (Å²) in [5, 5.41) is 0. The van der Waals surface area contributed by atoms with E-state index in [0.717, 1.165) is 25.7 Å². The summed E-state index contributed by atoms with van der Waals surface area (Å²) < 4.78 is 18.9. The van der Waals surface area contributed by atoms with Gasteiger partial charge >= 0.3 is 5.97 Å². The lowest BCUT2D eigenvalue weighted by molar-refractivity contribution is -0.252. The average Bonchev–Trinajstić information content (AvgIpc) is 3.22. The number of fused-ring (bicyclic) bond motifs is 7. The van der Waals surface area contributed by atoms with E-state index in [1.807, 2.05) is 0 Å². The lowest BCUT2D eigenvalue weighted by Gasteiger charge is -2.61. The molecule has 2 saturated heterocycles. The Bertz CT molecular complexity index is 912. The van der Waals surface area contributed by atoms with E-state index in [-0.39, 0.29) is 46.6 Å². The fourth-order valence-electron chi connectivity index (χ4n) is 10.2. The number of allylic oxidation sites excluding steroid dienone is 2. The molecule has 0 bridgehead atoms. The van der Waals surface area contributed by atoms with Gasteiger partial charge < -0.3 is 14.2 Å². The van der Waals surface area contributed by atoms with Gasteiger partial charge in [-0.05, 0) is 78.9 Å². The minimum absolute atomic E-state index is 0.00548. The van der Waals surface area contributed by atoms with Gasteiger partial charge in [0.2, 0.25) is 5.79 Å². The van der Waals surface area contributed by atoms with Crippen LogP contribution in [0, 0.1) is 52.3 Å². The summed E-state index contributed by atoms with van der Waals surface area (Å²) >= 11 is 0.